The van der Waals surface area contributed by atoms with Crippen LogP contribution >= 0.6 is 11.6 Å². The molecular formula is C30H28ClF4N3O5S. The van der Waals surface area contributed by atoms with Crippen LogP contribution in [-0.2, 0) is 20.9 Å². The molecule has 2 aliphatic heterocycles. The van der Waals surface area contributed by atoms with Crippen molar-refractivity contribution in [3.8, 4) is 5.75 Å². The maximum atomic E-state index is 14.5. The van der Waals surface area contributed by atoms with Crippen molar-refractivity contribution in [2.45, 2.75) is 24.1 Å². The summed E-state index contributed by atoms with van der Waals surface area (Å²) in [7, 11) is -4.55. The van der Waals surface area contributed by atoms with Gasteiger partial charge in [0.05, 0.1) is 47.5 Å². The molecule has 44 heavy (non-hydrogen) atoms. The van der Waals surface area contributed by atoms with Gasteiger partial charge < -0.3 is 19.7 Å². The SMILES string of the molecule is CC(=Cc1ccc2c(c1)N(S(=O)(=O)c1cccc(C(F)(F)F)c1)CC(CNC(=O)N1CCOCC1)O2)c1c(F)cccc1Cl. The number of benzene rings is 3. The van der Waals surface area contributed by atoms with Crippen molar-refractivity contribution in [3.05, 3.63) is 88.2 Å². The smallest absolute Gasteiger partial charge is 0.416 e. The van der Waals surface area contributed by atoms with Crippen molar-refractivity contribution in [1.29, 1.82) is 0 Å². The maximum Gasteiger partial charge on any atom is 0.416 e. The minimum absolute atomic E-state index is 0.0688. The van der Waals surface area contributed by atoms with E-state index in [1.807, 2.05) is 0 Å². The van der Waals surface area contributed by atoms with Gasteiger partial charge in [-0.2, -0.15) is 13.2 Å². The zero-order chi connectivity index (χ0) is 31.6. The van der Waals surface area contributed by atoms with Crippen LogP contribution in [0.25, 0.3) is 11.6 Å². The summed E-state index contributed by atoms with van der Waals surface area (Å²) in [6.07, 6.45) is -4.02. The van der Waals surface area contributed by atoms with Crippen LogP contribution in [0.5, 0.6) is 5.75 Å². The molecule has 0 aliphatic carbocycles. The van der Waals surface area contributed by atoms with Crippen LogP contribution in [-0.4, -0.2) is 64.8 Å². The number of allylic oxidation sites excluding steroid dienone is 1. The lowest BCUT2D eigenvalue weighted by molar-refractivity contribution is -0.137. The predicted octanol–water partition coefficient (Wildman–Crippen LogP) is 6.06. The van der Waals surface area contributed by atoms with Crippen LogP contribution in [0.2, 0.25) is 5.02 Å². The van der Waals surface area contributed by atoms with Crippen molar-refractivity contribution in [3.63, 3.8) is 0 Å². The van der Waals surface area contributed by atoms with Crippen LogP contribution in [0.3, 0.4) is 0 Å². The van der Waals surface area contributed by atoms with Crippen molar-refractivity contribution < 1.29 is 40.2 Å². The number of nitrogens with one attached hydrogen (secondary N) is 1. The van der Waals surface area contributed by atoms with Crippen molar-refractivity contribution in [2.24, 2.45) is 0 Å². The third-order valence-electron chi connectivity index (χ3n) is 7.18. The van der Waals surface area contributed by atoms with E-state index in [-0.39, 0.29) is 41.1 Å². The zero-order valence-corrected chi connectivity index (χ0v) is 25.0. The number of carbonyl (C=O) groups excluding carboxylic acids is 1. The molecule has 8 nitrogen and oxygen atoms in total. The van der Waals surface area contributed by atoms with Gasteiger partial charge in [0.15, 0.2) is 0 Å². The molecule has 0 bridgehead atoms. The summed E-state index contributed by atoms with van der Waals surface area (Å²) in [5.74, 6) is -0.403. The Labute approximate surface area is 256 Å². The summed E-state index contributed by atoms with van der Waals surface area (Å²) in [5.41, 5.74) is 0.0516. The summed E-state index contributed by atoms with van der Waals surface area (Å²) in [4.78, 5) is 13.6. The van der Waals surface area contributed by atoms with Gasteiger partial charge in [-0.15, -0.1) is 0 Å². The number of nitrogens with zero attached hydrogens (tertiary/aromatic N) is 2. The number of hydrogen-bond donors (Lipinski definition) is 1. The maximum absolute atomic E-state index is 14.5. The minimum atomic E-state index is -4.76. The van der Waals surface area contributed by atoms with E-state index in [2.05, 4.69) is 5.32 Å². The molecule has 0 aromatic heterocycles. The summed E-state index contributed by atoms with van der Waals surface area (Å²) in [6, 6.07) is 12.0. The summed E-state index contributed by atoms with van der Waals surface area (Å²) in [5, 5.41) is 2.93. The van der Waals surface area contributed by atoms with E-state index in [9.17, 15) is 30.8 Å². The molecule has 0 saturated carbocycles. The largest absolute Gasteiger partial charge is 0.484 e. The van der Waals surface area contributed by atoms with E-state index in [4.69, 9.17) is 21.1 Å². The first kappa shape index (κ1) is 31.6. The molecule has 0 spiro atoms. The van der Waals surface area contributed by atoms with E-state index >= 15 is 0 Å². The van der Waals surface area contributed by atoms with E-state index in [1.54, 1.807) is 30.0 Å². The lowest BCUT2D eigenvalue weighted by Crippen LogP contribution is -2.52. The number of sulfonamides is 1. The molecule has 0 radical (unpaired) electrons. The monoisotopic (exact) mass is 653 g/mol. The quantitative estimate of drug-likeness (QED) is 0.258. The number of rotatable bonds is 6. The minimum Gasteiger partial charge on any atom is -0.484 e. The van der Waals surface area contributed by atoms with Crippen LogP contribution in [0, 0.1) is 5.82 Å². The Morgan fingerprint density at radius 1 is 1.09 bits per heavy atom. The van der Waals surface area contributed by atoms with Gasteiger partial charge in [-0.1, -0.05) is 35.9 Å². The normalized spacial score (nSPS) is 17.6. The second-order valence-electron chi connectivity index (χ2n) is 10.2. The van der Waals surface area contributed by atoms with E-state index < -0.39 is 38.6 Å². The van der Waals surface area contributed by atoms with E-state index in [1.165, 1.54) is 24.3 Å². The Hall–Kier alpha value is -3.81. The molecule has 3 aromatic rings. The Morgan fingerprint density at radius 3 is 2.52 bits per heavy atom. The Bertz CT molecular complexity index is 1670. The van der Waals surface area contributed by atoms with Crippen LogP contribution in [0.15, 0.2) is 65.6 Å². The Morgan fingerprint density at radius 2 is 1.82 bits per heavy atom. The summed E-state index contributed by atoms with van der Waals surface area (Å²) < 4.78 is 95.1. The van der Waals surface area contributed by atoms with Crippen LogP contribution in [0.1, 0.15) is 23.6 Å². The number of carbonyl (C=O) groups is 1. The van der Waals surface area contributed by atoms with Gasteiger partial charge in [0.25, 0.3) is 10.0 Å². The molecule has 1 unspecified atom stereocenters. The second kappa shape index (κ2) is 12.7. The topological polar surface area (TPSA) is 88.2 Å². The first-order valence-electron chi connectivity index (χ1n) is 13.6. The molecule has 1 saturated heterocycles. The average Bonchev–Trinajstić information content (AvgIpc) is 2.99. The number of halogens is 5. The molecule has 14 heteroatoms. The van der Waals surface area contributed by atoms with Gasteiger partial charge in [0.2, 0.25) is 0 Å². The van der Waals surface area contributed by atoms with Crippen molar-refractivity contribution in [2.75, 3.05) is 43.7 Å². The number of fused-ring (bicyclic) bond motifs is 1. The van der Waals surface area contributed by atoms with E-state index in [0.29, 0.717) is 43.5 Å². The molecule has 1 N–H and O–H groups in total. The van der Waals surface area contributed by atoms with Gasteiger partial charge >= 0.3 is 12.2 Å². The third kappa shape index (κ3) is 6.79. The highest BCUT2D eigenvalue weighted by Crippen LogP contribution is 2.40. The summed E-state index contributed by atoms with van der Waals surface area (Å²) in [6.45, 7) is 2.84. The predicted molar refractivity (Wildman–Crippen MR) is 158 cm³/mol. The fraction of sp³-hybridized carbons (Fsp3) is 0.300. The molecule has 3 aromatic carbocycles. The molecule has 234 valence electrons. The number of anilines is 1. The average molecular weight is 654 g/mol. The van der Waals surface area contributed by atoms with Gasteiger partial charge in [-0.05, 0) is 60.5 Å². The van der Waals surface area contributed by atoms with Gasteiger partial charge in [0.1, 0.15) is 17.7 Å². The van der Waals surface area contributed by atoms with Crippen LogP contribution < -0.4 is 14.4 Å². The first-order chi connectivity index (χ1) is 20.8. The second-order valence-corrected chi connectivity index (χ2v) is 12.5. The Kier molecular flexibility index (Phi) is 9.10. The van der Waals surface area contributed by atoms with Crippen molar-refractivity contribution in [1.82, 2.24) is 10.2 Å². The Balaban J connectivity index is 1.50. The van der Waals surface area contributed by atoms with Gasteiger partial charge in [0, 0.05) is 18.7 Å². The standard InChI is InChI=1S/C30H28ClF4N3O5S/c1-19(28-24(31)6-3-7-25(28)32)14-20-8-9-27-26(15-20)38(44(40,41)23-5-2-4-21(16-23)30(33,34)35)18-22(43-27)17-36-29(39)37-10-12-42-13-11-37/h2-9,14-16,22H,10-13,17-18H2,1H3,(H,36,39). The summed E-state index contributed by atoms with van der Waals surface area (Å²) >= 11 is 6.21. The van der Waals surface area contributed by atoms with Crippen LogP contribution in [0.4, 0.5) is 28.0 Å². The van der Waals surface area contributed by atoms with Gasteiger partial charge in [-0.25, -0.2) is 17.6 Å². The lowest BCUT2D eigenvalue weighted by atomic mass is 10.0. The number of ether oxygens (including phenoxy) is 2. The lowest BCUT2D eigenvalue weighted by Gasteiger charge is -2.36. The molecule has 2 heterocycles. The number of hydrogen-bond acceptors (Lipinski definition) is 5. The first-order valence-corrected chi connectivity index (χ1v) is 15.4. The number of alkyl halides is 3. The highest BCUT2D eigenvalue weighted by molar-refractivity contribution is 7.92. The third-order valence-corrected chi connectivity index (χ3v) is 9.27. The fourth-order valence-electron chi connectivity index (χ4n) is 4.99. The molecular weight excluding hydrogens is 626 g/mol. The van der Waals surface area contributed by atoms with Gasteiger partial charge in [-0.3, -0.25) is 4.31 Å². The molecule has 2 aliphatic rings. The molecule has 5 rings (SSSR count). The highest BCUT2D eigenvalue weighted by Gasteiger charge is 2.37. The number of amides is 2. The molecule has 2 amide bonds. The van der Waals surface area contributed by atoms with Crippen molar-refractivity contribution >= 4 is 45.0 Å². The number of urea groups is 1. The highest BCUT2D eigenvalue weighted by atomic mass is 35.5. The molecule has 1 fully saturated rings. The van der Waals surface area contributed by atoms with E-state index in [0.717, 1.165) is 22.5 Å². The molecule has 1 atom stereocenters. The number of morpholine rings is 1. The fourth-order valence-corrected chi connectivity index (χ4v) is 6.85. The zero-order valence-electron chi connectivity index (χ0n) is 23.4.